The van der Waals surface area contributed by atoms with E-state index in [2.05, 4.69) is 19.2 Å². The molecule has 1 atom stereocenters. The number of nitrogens with one attached hydrogen (secondary N) is 1. The van der Waals surface area contributed by atoms with Gasteiger partial charge in [0.1, 0.15) is 6.10 Å². The first-order valence-corrected chi connectivity index (χ1v) is 7.79. The van der Waals surface area contributed by atoms with Gasteiger partial charge in [0.25, 0.3) is 0 Å². The maximum Gasteiger partial charge on any atom is 0.411 e. The summed E-state index contributed by atoms with van der Waals surface area (Å²) in [6.07, 6.45) is 7.40. The van der Waals surface area contributed by atoms with E-state index in [1.54, 1.807) is 0 Å². The van der Waals surface area contributed by atoms with Crippen LogP contribution in [0.4, 0.5) is 10.5 Å². The van der Waals surface area contributed by atoms with Gasteiger partial charge in [-0.25, -0.2) is 4.79 Å². The van der Waals surface area contributed by atoms with Crippen molar-refractivity contribution < 1.29 is 9.53 Å². The molecule has 0 bridgehead atoms. The molecule has 1 aromatic carbocycles. The first-order valence-electron chi connectivity index (χ1n) is 7.79. The molecule has 0 saturated carbocycles. The van der Waals surface area contributed by atoms with E-state index in [4.69, 9.17) is 4.74 Å². The average Bonchev–Trinajstić information content (AvgIpc) is 2.45. The largest absolute Gasteiger partial charge is 0.446 e. The minimum Gasteiger partial charge on any atom is -0.446 e. The molecule has 1 aromatic rings. The van der Waals surface area contributed by atoms with Crippen LogP contribution < -0.4 is 5.32 Å². The van der Waals surface area contributed by atoms with Crippen molar-refractivity contribution in [2.75, 3.05) is 5.32 Å². The van der Waals surface area contributed by atoms with Gasteiger partial charge in [-0.3, -0.25) is 5.32 Å². The van der Waals surface area contributed by atoms with Gasteiger partial charge in [-0.15, -0.1) is 0 Å². The molecule has 1 rings (SSSR count). The number of rotatable bonds is 9. The molecular weight excluding hydrogens is 250 g/mol. The lowest BCUT2D eigenvalue weighted by Crippen LogP contribution is -2.22. The molecule has 1 amide bonds. The quantitative estimate of drug-likeness (QED) is 0.616. The van der Waals surface area contributed by atoms with Crippen LogP contribution in [0.3, 0.4) is 0 Å². The number of ether oxygens (including phenoxy) is 1. The molecule has 0 aromatic heterocycles. The molecule has 0 spiro atoms. The predicted molar refractivity (Wildman–Crippen MR) is 84.0 cm³/mol. The van der Waals surface area contributed by atoms with Crippen molar-refractivity contribution in [3.8, 4) is 0 Å². The fourth-order valence-electron chi connectivity index (χ4n) is 2.14. The van der Waals surface area contributed by atoms with Gasteiger partial charge in [0.15, 0.2) is 0 Å². The zero-order valence-electron chi connectivity index (χ0n) is 12.7. The number of para-hydroxylation sites is 1. The van der Waals surface area contributed by atoms with Crippen LogP contribution in [-0.4, -0.2) is 12.2 Å². The van der Waals surface area contributed by atoms with Crippen LogP contribution in [0.25, 0.3) is 0 Å². The fraction of sp³-hybridized carbons (Fsp3) is 0.588. The van der Waals surface area contributed by atoms with Gasteiger partial charge in [0.05, 0.1) is 0 Å². The highest BCUT2D eigenvalue weighted by Crippen LogP contribution is 2.15. The maximum absolute atomic E-state index is 11.9. The zero-order valence-corrected chi connectivity index (χ0v) is 12.7. The second kappa shape index (κ2) is 10.3. The molecule has 20 heavy (non-hydrogen) atoms. The molecule has 3 heteroatoms. The van der Waals surface area contributed by atoms with Gasteiger partial charge in [0.2, 0.25) is 0 Å². The van der Waals surface area contributed by atoms with Crippen LogP contribution in [-0.2, 0) is 4.74 Å². The SMILES string of the molecule is CCCCCC(CCCC)OC(=O)Nc1ccccc1. The van der Waals surface area contributed by atoms with E-state index in [0.717, 1.165) is 37.8 Å². The third-order valence-electron chi connectivity index (χ3n) is 3.30. The maximum atomic E-state index is 11.9. The van der Waals surface area contributed by atoms with Crippen molar-refractivity contribution in [3.05, 3.63) is 30.3 Å². The van der Waals surface area contributed by atoms with Crippen LogP contribution in [0.2, 0.25) is 0 Å². The van der Waals surface area contributed by atoms with Crippen molar-refractivity contribution in [2.45, 2.75) is 64.9 Å². The highest BCUT2D eigenvalue weighted by molar-refractivity contribution is 5.84. The molecular formula is C17H27NO2. The highest BCUT2D eigenvalue weighted by atomic mass is 16.6. The number of unbranched alkanes of at least 4 members (excludes halogenated alkanes) is 3. The van der Waals surface area contributed by atoms with Crippen LogP contribution >= 0.6 is 0 Å². The Kier molecular flexibility index (Phi) is 8.52. The van der Waals surface area contributed by atoms with E-state index < -0.39 is 0 Å². The second-order valence-electron chi connectivity index (χ2n) is 5.16. The first-order chi connectivity index (χ1) is 9.76. The normalized spacial score (nSPS) is 11.9. The monoisotopic (exact) mass is 277 g/mol. The Morgan fingerprint density at radius 1 is 1.05 bits per heavy atom. The van der Waals surface area contributed by atoms with Crippen molar-refractivity contribution in [1.29, 1.82) is 0 Å². The van der Waals surface area contributed by atoms with Crippen molar-refractivity contribution >= 4 is 11.8 Å². The summed E-state index contributed by atoms with van der Waals surface area (Å²) < 4.78 is 5.55. The van der Waals surface area contributed by atoms with Gasteiger partial charge >= 0.3 is 6.09 Å². The van der Waals surface area contributed by atoms with Gasteiger partial charge in [-0.1, -0.05) is 57.7 Å². The van der Waals surface area contributed by atoms with E-state index in [-0.39, 0.29) is 12.2 Å². The Balaban J connectivity index is 2.39. The number of anilines is 1. The highest BCUT2D eigenvalue weighted by Gasteiger charge is 2.13. The summed E-state index contributed by atoms with van der Waals surface area (Å²) in [6.45, 7) is 4.34. The summed E-state index contributed by atoms with van der Waals surface area (Å²) in [6, 6.07) is 9.43. The van der Waals surface area contributed by atoms with Gasteiger partial charge in [-0.05, 0) is 31.4 Å². The summed E-state index contributed by atoms with van der Waals surface area (Å²) >= 11 is 0. The topological polar surface area (TPSA) is 38.3 Å². The molecule has 1 N–H and O–H groups in total. The number of amides is 1. The molecule has 0 aliphatic heterocycles. The minimum atomic E-state index is -0.339. The van der Waals surface area contributed by atoms with E-state index >= 15 is 0 Å². The number of carbonyl (C=O) groups is 1. The van der Waals surface area contributed by atoms with Crippen LogP contribution in [0.15, 0.2) is 30.3 Å². The van der Waals surface area contributed by atoms with Gasteiger partial charge in [-0.2, -0.15) is 0 Å². The average molecular weight is 277 g/mol. The summed E-state index contributed by atoms with van der Waals surface area (Å²) in [5.74, 6) is 0. The molecule has 0 heterocycles. The fourth-order valence-corrected chi connectivity index (χ4v) is 2.14. The standard InChI is InChI=1S/C17H27NO2/c1-3-5-8-14-16(13-6-4-2)20-17(19)18-15-11-9-7-10-12-15/h7,9-12,16H,3-6,8,13-14H2,1-2H3,(H,18,19). The summed E-state index contributed by atoms with van der Waals surface area (Å²) in [5.41, 5.74) is 0.778. The Morgan fingerprint density at radius 3 is 2.35 bits per heavy atom. The van der Waals surface area contributed by atoms with E-state index in [1.807, 2.05) is 30.3 Å². The van der Waals surface area contributed by atoms with E-state index in [0.29, 0.717) is 0 Å². The van der Waals surface area contributed by atoms with Gasteiger partial charge < -0.3 is 4.74 Å². The Morgan fingerprint density at radius 2 is 1.70 bits per heavy atom. The molecule has 0 fully saturated rings. The van der Waals surface area contributed by atoms with Gasteiger partial charge in [0, 0.05) is 5.69 Å². The third kappa shape index (κ3) is 7.17. The molecule has 3 nitrogen and oxygen atoms in total. The Labute approximate surface area is 122 Å². The Bertz CT molecular complexity index is 365. The van der Waals surface area contributed by atoms with Crippen molar-refractivity contribution in [3.63, 3.8) is 0 Å². The number of benzene rings is 1. The zero-order chi connectivity index (χ0) is 14.6. The number of hydrogen-bond acceptors (Lipinski definition) is 2. The summed E-state index contributed by atoms with van der Waals surface area (Å²) in [7, 11) is 0. The number of hydrogen-bond donors (Lipinski definition) is 1. The molecule has 0 saturated heterocycles. The van der Waals surface area contributed by atoms with Crippen LogP contribution in [0, 0.1) is 0 Å². The summed E-state index contributed by atoms with van der Waals surface area (Å²) in [5, 5.41) is 2.78. The predicted octanol–water partition coefficient (Wildman–Crippen LogP) is 5.37. The van der Waals surface area contributed by atoms with Crippen LogP contribution in [0.1, 0.15) is 58.8 Å². The van der Waals surface area contributed by atoms with Crippen molar-refractivity contribution in [1.82, 2.24) is 0 Å². The number of carbonyl (C=O) groups excluding carboxylic acids is 1. The molecule has 0 radical (unpaired) electrons. The molecule has 0 aliphatic carbocycles. The minimum absolute atomic E-state index is 0.0465. The lowest BCUT2D eigenvalue weighted by molar-refractivity contribution is 0.0965. The Hall–Kier alpha value is -1.51. The third-order valence-corrected chi connectivity index (χ3v) is 3.30. The summed E-state index contributed by atoms with van der Waals surface area (Å²) in [4.78, 5) is 11.9. The van der Waals surface area contributed by atoms with Crippen molar-refractivity contribution in [2.24, 2.45) is 0 Å². The second-order valence-corrected chi connectivity index (χ2v) is 5.16. The lowest BCUT2D eigenvalue weighted by atomic mass is 10.1. The van der Waals surface area contributed by atoms with E-state index in [1.165, 1.54) is 12.8 Å². The smallest absolute Gasteiger partial charge is 0.411 e. The molecule has 1 unspecified atom stereocenters. The lowest BCUT2D eigenvalue weighted by Gasteiger charge is -2.18. The van der Waals surface area contributed by atoms with Crippen LogP contribution in [0.5, 0.6) is 0 Å². The van der Waals surface area contributed by atoms with E-state index in [9.17, 15) is 4.79 Å². The molecule has 0 aliphatic rings. The first kappa shape index (κ1) is 16.5. The molecule has 112 valence electrons.